The summed E-state index contributed by atoms with van der Waals surface area (Å²) in [6.07, 6.45) is 15.8. The fraction of sp³-hybridized carbons (Fsp3) is 0.512. The summed E-state index contributed by atoms with van der Waals surface area (Å²) < 4.78 is 18.5. The molecule has 0 radical (unpaired) electrons. The van der Waals surface area contributed by atoms with Crippen molar-refractivity contribution in [3.63, 3.8) is 0 Å². The minimum atomic E-state index is 0.138. The molecule has 3 aliphatic heterocycles. The molecule has 0 amide bonds. The Morgan fingerprint density at radius 2 is 0.859 bits per heavy atom. The molecular formula is C82H123N7O3. The van der Waals surface area contributed by atoms with Crippen molar-refractivity contribution in [2.45, 2.75) is 254 Å². The van der Waals surface area contributed by atoms with Gasteiger partial charge < -0.3 is 18.8 Å². The maximum atomic E-state index is 5.46. The van der Waals surface area contributed by atoms with Gasteiger partial charge in [0.2, 0.25) is 0 Å². The molecule has 10 nitrogen and oxygen atoms in total. The van der Waals surface area contributed by atoms with E-state index in [0.29, 0.717) is 30.3 Å². The zero-order valence-electron chi connectivity index (χ0n) is 62.5. The smallest absolute Gasteiger partial charge is 0.189 e. The molecule has 5 aromatic heterocycles. The number of para-hydroxylation sites is 3. The maximum Gasteiger partial charge on any atom is 0.189 e. The number of hydrogen-bond acceptors (Lipinski definition) is 9. The number of rotatable bonds is 0. The number of fused-ring (bicyclic) bond motifs is 6. The summed E-state index contributed by atoms with van der Waals surface area (Å²) in [5.41, 5.74) is 16.0. The van der Waals surface area contributed by atoms with Crippen molar-refractivity contribution in [3.8, 4) is 5.75 Å². The molecule has 9 aromatic rings. The summed E-state index contributed by atoms with van der Waals surface area (Å²) in [6.45, 7) is 61.2. The summed E-state index contributed by atoms with van der Waals surface area (Å²) in [7, 11) is 0. The van der Waals surface area contributed by atoms with Crippen molar-refractivity contribution in [1.29, 1.82) is 0 Å². The molecule has 1 atom stereocenters. The third-order valence-corrected chi connectivity index (χ3v) is 13.6. The molecule has 0 N–H and O–H groups in total. The van der Waals surface area contributed by atoms with Gasteiger partial charge in [-0.1, -0.05) is 241 Å². The van der Waals surface area contributed by atoms with E-state index < -0.39 is 0 Å². The molecule has 10 heteroatoms. The fourth-order valence-corrected chi connectivity index (χ4v) is 9.00. The molecule has 12 rings (SSSR count). The van der Waals surface area contributed by atoms with Crippen LogP contribution in [0.1, 0.15) is 251 Å². The van der Waals surface area contributed by atoms with Crippen LogP contribution in [0.25, 0.3) is 33.0 Å². The van der Waals surface area contributed by atoms with Crippen LogP contribution < -0.4 is 4.74 Å². The first-order valence-corrected chi connectivity index (χ1v) is 33.9. The summed E-state index contributed by atoms with van der Waals surface area (Å²) in [5.74, 6) is 2.25. The number of ether oxygens (including phenoxy) is 3. The monoisotopic (exact) mass is 1250 g/mol. The lowest BCUT2D eigenvalue weighted by Crippen LogP contribution is -2.23. The number of benzene rings is 4. The number of imidazole rings is 1. The van der Waals surface area contributed by atoms with Crippen LogP contribution >= 0.6 is 0 Å². The van der Waals surface area contributed by atoms with Gasteiger partial charge in [0.25, 0.3) is 0 Å². The van der Waals surface area contributed by atoms with Crippen LogP contribution in [0, 0.1) is 10.8 Å². The number of aryl methyl sites for hydroxylation is 1. The van der Waals surface area contributed by atoms with E-state index in [4.69, 9.17) is 14.2 Å². The highest BCUT2D eigenvalue weighted by Crippen LogP contribution is 2.33. The van der Waals surface area contributed by atoms with Gasteiger partial charge >= 0.3 is 0 Å². The van der Waals surface area contributed by atoms with Crippen LogP contribution in [-0.2, 0) is 57.2 Å². The molecule has 0 bridgehead atoms. The molecule has 0 fully saturated rings. The van der Waals surface area contributed by atoms with E-state index in [-0.39, 0.29) is 21.7 Å². The van der Waals surface area contributed by atoms with E-state index in [9.17, 15) is 0 Å². The molecule has 8 heterocycles. The Labute approximate surface area is 559 Å². The van der Waals surface area contributed by atoms with Crippen molar-refractivity contribution in [2.24, 2.45) is 10.8 Å². The average Bonchev–Trinajstić information content (AvgIpc) is 1.60. The highest BCUT2D eigenvalue weighted by atomic mass is 16.7. The summed E-state index contributed by atoms with van der Waals surface area (Å²) in [6, 6.07) is 39.7. The standard InChI is InChI=1S/C13H18O.C12H20N2.C12H14N2.C12H16O2.C9H7N.C8H6N2.2C5H12.3C2H6/c1-13(2,3)12-5-4-10-6-7-14-9-11(10)8-12;1-9-6-5-7-11-13-8-10(14(9)11)12(2,3)4;1-12(2,3)9-7-11-10(14-8-9)5-4-6-13-11;1-12(2,3)10-4-5-11-9(6-10)7-13-8-14-11;1-2-6-9-8(4-1)5-3-7-10-9;1-2-4-8-7(3-1)9-5-6-10-8;2*1-5(2,3)4;3*1-2/h4-5,8H,6-7,9H2,1-3H3;8-9H,5-7H2,1-4H3;4-8H,1-3H3;4-6H,7-8H2,1-3H3;1-7H;1-6H;2*1-4H3;3*1-2H3. The topological polar surface area (TPSA) is 110 Å². The SMILES string of the molecule is CC.CC.CC.CC(C)(C)C.CC(C)(C)C.CC(C)(C)c1ccc2c(c1)COCC2.CC(C)(C)c1ccc2c(c1)COCO2.CC(C)(C)c1cnc2cccnc2c1.CC1CCCc2ncc(C(C)(C)C)n21.c1ccc2ncccc2c1.c1ccc2nccnc2c1. The normalized spacial score (nSPS) is 13.8. The first kappa shape index (κ1) is 81.2. The Kier molecular flexibility index (Phi) is 34.4. The fourth-order valence-electron chi connectivity index (χ4n) is 9.00. The summed E-state index contributed by atoms with van der Waals surface area (Å²) in [5, 5.41) is 1.20. The molecule has 0 saturated carbocycles. The predicted octanol–water partition coefficient (Wildman–Crippen LogP) is 23.0. The molecule has 3 aliphatic rings. The zero-order chi connectivity index (χ0) is 69.5. The first-order chi connectivity index (χ1) is 43.1. The Balaban J connectivity index is 0.000000360. The van der Waals surface area contributed by atoms with Gasteiger partial charge in [0.15, 0.2) is 6.79 Å². The Morgan fingerprint density at radius 1 is 0.402 bits per heavy atom. The Bertz CT molecular complexity index is 3190. The van der Waals surface area contributed by atoms with E-state index in [1.54, 1.807) is 18.6 Å². The van der Waals surface area contributed by atoms with Gasteiger partial charge in [0.1, 0.15) is 11.6 Å². The van der Waals surface area contributed by atoms with Crippen molar-refractivity contribution in [3.05, 3.63) is 197 Å². The van der Waals surface area contributed by atoms with E-state index in [1.807, 2.05) is 121 Å². The largest absolute Gasteiger partial charge is 0.467 e. The van der Waals surface area contributed by atoms with Crippen molar-refractivity contribution >= 4 is 33.0 Å². The molecule has 4 aromatic carbocycles. The number of hydrogen-bond donors (Lipinski definition) is 0. The lowest BCUT2D eigenvalue weighted by atomic mass is 9.85. The molecular weight excluding hydrogens is 1130 g/mol. The van der Waals surface area contributed by atoms with Gasteiger partial charge in [0, 0.05) is 71.7 Å². The van der Waals surface area contributed by atoms with E-state index in [2.05, 4.69) is 235 Å². The van der Waals surface area contributed by atoms with Crippen LogP contribution in [0.4, 0.5) is 0 Å². The minimum absolute atomic E-state index is 0.138. The van der Waals surface area contributed by atoms with Crippen LogP contribution in [0.5, 0.6) is 5.75 Å². The van der Waals surface area contributed by atoms with Gasteiger partial charge in [-0.15, -0.1) is 0 Å². The van der Waals surface area contributed by atoms with Gasteiger partial charge in [-0.25, -0.2) is 4.98 Å². The lowest BCUT2D eigenvalue weighted by Gasteiger charge is -2.28. The molecule has 0 saturated heterocycles. The molecule has 92 heavy (non-hydrogen) atoms. The number of pyridine rings is 3. The summed E-state index contributed by atoms with van der Waals surface area (Å²) >= 11 is 0. The van der Waals surface area contributed by atoms with E-state index >= 15 is 0 Å². The van der Waals surface area contributed by atoms with Gasteiger partial charge in [-0.2, -0.15) is 0 Å². The quantitative estimate of drug-likeness (QED) is 0.147. The van der Waals surface area contributed by atoms with E-state index in [0.717, 1.165) is 65.0 Å². The highest BCUT2D eigenvalue weighted by molar-refractivity contribution is 5.78. The van der Waals surface area contributed by atoms with Gasteiger partial charge in [-0.05, 0) is 136 Å². The van der Waals surface area contributed by atoms with Gasteiger partial charge in [-0.3, -0.25) is 24.9 Å². The number of nitrogens with zero attached hydrogens (tertiary/aromatic N) is 7. The van der Waals surface area contributed by atoms with Crippen LogP contribution in [0.15, 0.2) is 152 Å². The van der Waals surface area contributed by atoms with E-state index in [1.165, 1.54) is 57.6 Å². The maximum absolute atomic E-state index is 5.46. The average molecular weight is 1250 g/mol. The first-order valence-electron chi connectivity index (χ1n) is 33.9. The number of aromatic nitrogens is 7. The Hall–Kier alpha value is -6.88. The van der Waals surface area contributed by atoms with Crippen LogP contribution in [-0.4, -0.2) is 47.9 Å². The third-order valence-electron chi connectivity index (χ3n) is 13.6. The minimum Gasteiger partial charge on any atom is -0.467 e. The third kappa shape index (κ3) is 30.3. The molecule has 1 unspecified atom stereocenters. The second-order valence-corrected chi connectivity index (χ2v) is 29.9. The Morgan fingerprint density at radius 3 is 1.40 bits per heavy atom. The molecule has 0 spiro atoms. The predicted molar refractivity (Wildman–Crippen MR) is 396 cm³/mol. The highest BCUT2D eigenvalue weighted by Gasteiger charge is 2.26. The second-order valence-electron chi connectivity index (χ2n) is 29.9. The lowest BCUT2D eigenvalue weighted by molar-refractivity contribution is -0.0164. The molecule has 504 valence electrons. The van der Waals surface area contributed by atoms with Crippen LogP contribution in [0.3, 0.4) is 0 Å². The zero-order valence-corrected chi connectivity index (χ0v) is 62.5. The van der Waals surface area contributed by atoms with Gasteiger partial charge in [0.05, 0.1) is 47.4 Å². The summed E-state index contributed by atoms with van der Waals surface area (Å²) in [4.78, 5) is 25.6. The molecule has 0 aliphatic carbocycles. The van der Waals surface area contributed by atoms with Crippen molar-refractivity contribution < 1.29 is 14.2 Å². The van der Waals surface area contributed by atoms with Crippen molar-refractivity contribution in [1.82, 2.24) is 34.5 Å². The van der Waals surface area contributed by atoms with Crippen molar-refractivity contribution in [2.75, 3.05) is 13.4 Å². The second kappa shape index (κ2) is 39.0. The van der Waals surface area contributed by atoms with Crippen LogP contribution in [0.2, 0.25) is 0 Å².